The zero-order chi connectivity index (χ0) is 21.4. The lowest BCUT2D eigenvalue weighted by molar-refractivity contribution is -0.383. The van der Waals surface area contributed by atoms with Crippen molar-refractivity contribution in [3.63, 3.8) is 0 Å². The molecule has 0 saturated carbocycles. The third-order valence-corrected chi connectivity index (χ3v) is 4.12. The topological polar surface area (TPSA) is 121 Å². The van der Waals surface area contributed by atoms with Crippen molar-refractivity contribution in [1.82, 2.24) is 10.3 Å². The van der Waals surface area contributed by atoms with Gasteiger partial charge in [-0.25, -0.2) is 0 Å². The van der Waals surface area contributed by atoms with E-state index in [4.69, 9.17) is 9.47 Å². The molecule has 0 unspecified atom stereocenters. The molecule has 0 aliphatic heterocycles. The molecule has 0 radical (unpaired) electrons. The minimum atomic E-state index is -0.488. The summed E-state index contributed by atoms with van der Waals surface area (Å²) in [5.41, 5.74) is -0.184. The Balaban J connectivity index is 1.76. The zero-order valence-electron chi connectivity index (χ0n) is 16.8. The van der Waals surface area contributed by atoms with Gasteiger partial charge < -0.3 is 14.8 Å². The molecular weight excluding hydrogens is 378 g/mol. The largest absolute Gasteiger partial charge is 0.455 e. The van der Waals surface area contributed by atoms with Crippen LogP contribution in [0, 0.1) is 15.5 Å². The highest BCUT2D eigenvalue weighted by Crippen LogP contribution is 2.31. The maximum atomic E-state index is 11.8. The van der Waals surface area contributed by atoms with E-state index in [0.29, 0.717) is 36.0 Å². The van der Waals surface area contributed by atoms with E-state index >= 15 is 0 Å². The predicted octanol–water partition coefficient (Wildman–Crippen LogP) is 3.36. The summed E-state index contributed by atoms with van der Waals surface area (Å²) < 4.78 is 10.5. The number of fused-ring (bicyclic) bond motifs is 1. The van der Waals surface area contributed by atoms with E-state index in [0.717, 1.165) is 0 Å². The molecule has 0 aliphatic carbocycles. The summed E-state index contributed by atoms with van der Waals surface area (Å²) >= 11 is 0. The number of pyridine rings is 1. The molecule has 9 nitrogen and oxygen atoms in total. The number of ether oxygens (including phenoxy) is 2. The number of nitro groups is 1. The van der Waals surface area contributed by atoms with Gasteiger partial charge in [0.15, 0.2) is 0 Å². The minimum Gasteiger partial charge on any atom is -0.455 e. The highest BCUT2D eigenvalue weighted by atomic mass is 16.7. The van der Waals surface area contributed by atoms with Crippen LogP contribution in [0.25, 0.3) is 10.9 Å². The maximum Gasteiger partial charge on any atom is 0.308 e. The number of nitrogens with one attached hydrogen (secondary N) is 1. The van der Waals surface area contributed by atoms with Crippen molar-refractivity contribution in [3.8, 4) is 5.75 Å². The smallest absolute Gasteiger partial charge is 0.308 e. The van der Waals surface area contributed by atoms with Crippen LogP contribution in [0.2, 0.25) is 0 Å². The Hall–Kier alpha value is -3.23. The van der Waals surface area contributed by atoms with Crippen LogP contribution in [0.5, 0.6) is 5.75 Å². The van der Waals surface area contributed by atoms with Crippen LogP contribution in [-0.4, -0.2) is 35.1 Å². The van der Waals surface area contributed by atoms with Gasteiger partial charge in [-0.15, -0.1) is 0 Å². The summed E-state index contributed by atoms with van der Waals surface area (Å²) in [6, 6.07) is 5.94. The second-order valence-electron chi connectivity index (χ2n) is 7.48. The van der Waals surface area contributed by atoms with Crippen molar-refractivity contribution in [1.29, 1.82) is 0 Å². The summed E-state index contributed by atoms with van der Waals surface area (Å²) in [5, 5.41) is 14.3. The lowest BCUT2D eigenvalue weighted by Crippen LogP contribution is -2.35. The van der Waals surface area contributed by atoms with Gasteiger partial charge in [-0.3, -0.25) is 24.7 Å². The number of nitrogens with zero attached hydrogens (tertiary/aromatic N) is 2. The molecule has 0 aliphatic rings. The molecule has 0 fully saturated rings. The van der Waals surface area contributed by atoms with Gasteiger partial charge in [0.25, 0.3) is 5.69 Å². The average Bonchev–Trinajstić information content (AvgIpc) is 2.66. The Morgan fingerprint density at radius 3 is 2.66 bits per heavy atom. The van der Waals surface area contributed by atoms with E-state index in [1.807, 2.05) is 20.8 Å². The lowest BCUT2D eigenvalue weighted by atomic mass is 9.96. The van der Waals surface area contributed by atoms with E-state index in [9.17, 15) is 19.7 Å². The zero-order valence-corrected chi connectivity index (χ0v) is 16.8. The summed E-state index contributed by atoms with van der Waals surface area (Å²) in [7, 11) is 0. The number of unbranched alkanes of at least 4 members (excludes halogenated alkanes) is 1. The Labute approximate surface area is 168 Å². The van der Waals surface area contributed by atoms with E-state index in [-0.39, 0.29) is 24.8 Å². The third-order valence-electron chi connectivity index (χ3n) is 4.12. The van der Waals surface area contributed by atoms with Gasteiger partial charge in [-0.1, -0.05) is 20.8 Å². The van der Waals surface area contributed by atoms with Gasteiger partial charge in [-0.2, -0.15) is 0 Å². The van der Waals surface area contributed by atoms with Crippen molar-refractivity contribution in [3.05, 3.63) is 40.6 Å². The van der Waals surface area contributed by atoms with E-state index < -0.39 is 16.3 Å². The van der Waals surface area contributed by atoms with Gasteiger partial charge in [0.2, 0.25) is 12.7 Å². The van der Waals surface area contributed by atoms with Gasteiger partial charge in [0, 0.05) is 30.6 Å². The van der Waals surface area contributed by atoms with E-state index in [2.05, 4.69) is 10.3 Å². The number of aromatic nitrogens is 1. The fourth-order valence-corrected chi connectivity index (χ4v) is 2.50. The number of carbonyl (C=O) groups is 2. The molecule has 1 heterocycles. The van der Waals surface area contributed by atoms with Gasteiger partial charge in [-0.05, 0) is 31.0 Å². The number of non-ortho nitro benzene ring substituents is 1. The van der Waals surface area contributed by atoms with Gasteiger partial charge in [0.1, 0.15) is 11.3 Å². The van der Waals surface area contributed by atoms with Crippen LogP contribution >= 0.6 is 0 Å². The van der Waals surface area contributed by atoms with Crippen molar-refractivity contribution in [2.75, 3.05) is 13.3 Å². The predicted molar refractivity (Wildman–Crippen MR) is 106 cm³/mol. The fraction of sp³-hybridized carbons (Fsp3) is 0.450. The molecule has 0 spiro atoms. The van der Waals surface area contributed by atoms with E-state index in [1.165, 1.54) is 18.3 Å². The fourth-order valence-electron chi connectivity index (χ4n) is 2.50. The number of hydrogen-bond donors (Lipinski definition) is 1. The van der Waals surface area contributed by atoms with Crippen LogP contribution in [0.4, 0.5) is 5.69 Å². The Morgan fingerprint density at radius 1 is 1.21 bits per heavy atom. The Bertz CT molecular complexity index is 891. The summed E-state index contributed by atoms with van der Waals surface area (Å²) in [4.78, 5) is 38.3. The molecule has 1 aromatic heterocycles. The molecule has 2 aromatic rings. The second kappa shape index (κ2) is 9.81. The molecule has 0 bridgehead atoms. The molecule has 1 N–H and O–H groups in total. The molecule has 9 heteroatoms. The molecule has 29 heavy (non-hydrogen) atoms. The number of nitro benzene ring substituents is 1. The third kappa shape index (κ3) is 6.41. The SMILES string of the molecule is CC(C)(C)C(=O)NCCCCC(=O)OCOc1ccc([N+](=O)[O-])c2cccnc12. The number of rotatable bonds is 9. The van der Waals surface area contributed by atoms with Crippen LogP contribution in [0.3, 0.4) is 0 Å². The standard InChI is InChI=1S/C20H25N3O6/c1-20(2,3)19(25)22-11-5-4-8-17(24)29-13-28-16-10-9-15(23(26)27)14-7-6-12-21-18(14)16/h6-7,9-10,12H,4-5,8,11,13H2,1-3H3,(H,22,25). The number of benzene rings is 1. The molecule has 1 amide bonds. The molecule has 2 rings (SSSR count). The first-order chi connectivity index (χ1) is 13.7. The second-order valence-corrected chi connectivity index (χ2v) is 7.48. The van der Waals surface area contributed by atoms with Gasteiger partial charge >= 0.3 is 5.97 Å². The summed E-state index contributed by atoms with van der Waals surface area (Å²) in [6.45, 7) is 5.69. The van der Waals surface area contributed by atoms with Gasteiger partial charge in [0.05, 0.1) is 10.3 Å². The van der Waals surface area contributed by atoms with Crippen molar-refractivity contribution in [2.24, 2.45) is 5.41 Å². The number of hydrogen-bond acceptors (Lipinski definition) is 7. The lowest BCUT2D eigenvalue weighted by Gasteiger charge is -2.17. The number of carbonyl (C=O) groups excluding carboxylic acids is 2. The van der Waals surface area contributed by atoms with E-state index in [1.54, 1.807) is 12.1 Å². The minimum absolute atomic E-state index is 0.0302. The van der Waals surface area contributed by atoms with Crippen LogP contribution in [0.1, 0.15) is 40.0 Å². The van der Waals surface area contributed by atoms with Crippen LogP contribution in [-0.2, 0) is 14.3 Å². The quantitative estimate of drug-likeness (QED) is 0.224. The molecule has 156 valence electrons. The van der Waals surface area contributed by atoms with Crippen molar-refractivity contribution in [2.45, 2.75) is 40.0 Å². The molecule has 1 aromatic carbocycles. The molecular formula is C20H25N3O6. The first-order valence-corrected chi connectivity index (χ1v) is 9.29. The maximum absolute atomic E-state index is 11.8. The van der Waals surface area contributed by atoms with Crippen LogP contribution < -0.4 is 10.1 Å². The molecule has 0 saturated heterocycles. The first kappa shape index (κ1) is 22.1. The number of amides is 1. The Morgan fingerprint density at radius 2 is 1.97 bits per heavy atom. The highest BCUT2D eigenvalue weighted by molar-refractivity contribution is 5.92. The monoisotopic (exact) mass is 403 g/mol. The molecule has 0 atom stereocenters. The summed E-state index contributed by atoms with van der Waals surface area (Å²) in [6.07, 6.45) is 2.94. The summed E-state index contributed by atoms with van der Waals surface area (Å²) in [5.74, 6) is -0.160. The normalized spacial score (nSPS) is 11.1. The average molecular weight is 403 g/mol. The Kier molecular flexibility index (Phi) is 7.46. The van der Waals surface area contributed by atoms with Crippen molar-refractivity contribution >= 4 is 28.5 Å². The first-order valence-electron chi connectivity index (χ1n) is 9.29. The van der Waals surface area contributed by atoms with Crippen LogP contribution in [0.15, 0.2) is 30.5 Å². The van der Waals surface area contributed by atoms with Crippen molar-refractivity contribution < 1.29 is 24.0 Å². The number of esters is 1. The highest BCUT2D eigenvalue weighted by Gasteiger charge is 2.20.